The number of anilines is 2. The summed E-state index contributed by atoms with van der Waals surface area (Å²) in [5.74, 6) is 0.291. The minimum atomic E-state index is -3.22. The molecule has 1 fully saturated rings. The highest BCUT2D eigenvalue weighted by atomic mass is 16.5. The summed E-state index contributed by atoms with van der Waals surface area (Å²) >= 11 is 0. The molecule has 4 aromatic heterocycles. The molecule has 0 unspecified atom stereocenters. The van der Waals surface area contributed by atoms with Crippen molar-refractivity contribution < 1.29 is 33.1 Å². The van der Waals surface area contributed by atoms with Crippen molar-refractivity contribution in [3.63, 3.8) is 0 Å². The fraction of sp³-hybridized carbons (Fsp3) is 0.360. The van der Waals surface area contributed by atoms with Crippen LogP contribution in [0.25, 0.3) is 28.3 Å². The van der Waals surface area contributed by atoms with Gasteiger partial charge in [-0.15, -0.1) is 5.10 Å². The van der Waals surface area contributed by atoms with E-state index in [4.69, 9.17) is 34.1 Å². The van der Waals surface area contributed by atoms with Crippen molar-refractivity contribution in [2.45, 2.75) is 6.54 Å². The van der Waals surface area contributed by atoms with Crippen LogP contribution in [0.15, 0.2) is 53.3 Å². The molecular weight excluding hydrogens is 474 g/mol. The highest BCUT2D eigenvalue weighted by molar-refractivity contribution is 5.90. The number of piperazine rings is 1. The van der Waals surface area contributed by atoms with Crippen molar-refractivity contribution in [2.24, 2.45) is 0 Å². The number of furan rings is 1. The SMILES string of the molecule is [2H]c1nn(CCN2C([2H])([2H])C([2H])([2H])N(c3ccc(OCC([2H])([2H])OC([2H])([2H])[2H])cc3)C([2H])([2H])C2([2H])[2H])c2nc(N)n3nc(-c4ccco4)nc3c12. The second kappa shape index (κ2) is 10.1. The zero-order chi connectivity index (χ0) is 37.5. The van der Waals surface area contributed by atoms with Crippen molar-refractivity contribution >= 4 is 28.3 Å². The van der Waals surface area contributed by atoms with E-state index in [1.807, 2.05) is 0 Å². The Hall–Kier alpha value is -4.16. The van der Waals surface area contributed by atoms with Gasteiger partial charge in [0, 0.05) is 50.7 Å². The molecule has 0 spiro atoms. The Bertz CT molecular complexity index is 2040. The second-order valence-corrected chi connectivity index (χ2v) is 7.61. The van der Waals surface area contributed by atoms with Crippen LogP contribution in [-0.4, -0.2) is 87.0 Å². The van der Waals surface area contributed by atoms with Gasteiger partial charge in [0.2, 0.25) is 11.8 Å². The van der Waals surface area contributed by atoms with Crippen molar-refractivity contribution in [1.29, 1.82) is 0 Å². The maximum atomic E-state index is 8.80. The molecule has 6 rings (SSSR count). The normalized spacial score (nSPS) is 26.4. The summed E-state index contributed by atoms with van der Waals surface area (Å²) in [7, 11) is -3.04. The largest absolute Gasteiger partial charge is 0.491 e. The molecule has 0 radical (unpaired) electrons. The molecule has 0 bridgehead atoms. The van der Waals surface area contributed by atoms with E-state index < -0.39 is 52.7 Å². The number of benzene rings is 1. The molecule has 0 aliphatic carbocycles. The van der Waals surface area contributed by atoms with Gasteiger partial charge in [-0.05, 0) is 36.4 Å². The second-order valence-electron chi connectivity index (χ2n) is 7.61. The molecule has 5 aromatic rings. The Morgan fingerprint density at radius 2 is 2.00 bits per heavy atom. The van der Waals surface area contributed by atoms with Crippen LogP contribution in [0, 0.1) is 0 Å². The van der Waals surface area contributed by atoms with Crippen LogP contribution in [0.3, 0.4) is 0 Å². The highest BCUT2D eigenvalue weighted by Gasteiger charge is 2.20. The number of rotatable bonds is 9. The first-order valence-corrected chi connectivity index (χ1v) is 10.9. The van der Waals surface area contributed by atoms with Gasteiger partial charge in [-0.1, -0.05) is 0 Å². The topological polar surface area (TPSA) is 125 Å². The van der Waals surface area contributed by atoms with E-state index in [0.29, 0.717) is 15.6 Å². The minimum absolute atomic E-state index is 0.0227. The number of nitrogens with two attached hydrogens (primary N) is 1. The Balaban J connectivity index is 1.27. The molecule has 0 amide bonds. The molecule has 37 heavy (non-hydrogen) atoms. The van der Waals surface area contributed by atoms with Crippen molar-refractivity contribution in [1.82, 2.24) is 34.3 Å². The molecule has 12 heteroatoms. The Morgan fingerprint density at radius 3 is 2.78 bits per heavy atom. The first-order chi connectivity index (χ1) is 23.5. The molecule has 1 saturated heterocycles. The van der Waals surface area contributed by atoms with Gasteiger partial charge in [-0.3, -0.25) is 4.90 Å². The number of aromatic nitrogens is 6. The van der Waals surface area contributed by atoms with Crippen molar-refractivity contribution in [3.05, 3.63) is 48.8 Å². The fourth-order valence-corrected chi connectivity index (χ4v) is 3.60. The van der Waals surface area contributed by atoms with E-state index in [1.54, 1.807) is 12.1 Å². The third-order valence-corrected chi connectivity index (χ3v) is 5.35. The number of nitrogens with zero attached hydrogens (tertiary/aromatic N) is 8. The summed E-state index contributed by atoms with van der Waals surface area (Å²) in [6.45, 7) is -17.4. The first-order valence-electron chi connectivity index (χ1n) is 17.9. The van der Waals surface area contributed by atoms with Gasteiger partial charge in [0.15, 0.2) is 17.1 Å². The van der Waals surface area contributed by atoms with Gasteiger partial charge in [0.05, 0.1) is 44.6 Å². The fourth-order valence-electron chi connectivity index (χ4n) is 3.60. The maximum Gasteiger partial charge on any atom is 0.225 e. The quantitative estimate of drug-likeness (QED) is 0.311. The zero-order valence-electron chi connectivity index (χ0n) is 33.0. The van der Waals surface area contributed by atoms with Crippen LogP contribution < -0.4 is 15.4 Å². The molecule has 0 saturated carbocycles. The summed E-state index contributed by atoms with van der Waals surface area (Å²) in [4.78, 5) is 9.43. The Kier molecular flexibility index (Phi) is 3.37. The number of fused-ring (bicyclic) bond motifs is 3. The lowest BCUT2D eigenvalue weighted by atomic mass is 10.2. The van der Waals surface area contributed by atoms with Crippen LogP contribution in [0.4, 0.5) is 11.6 Å². The number of nitrogen functional groups attached to an aromatic ring is 1. The van der Waals surface area contributed by atoms with Crippen molar-refractivity contribution in [3.8, 4) is 17.3 Å². The smallest absolute Gasteiger partial charge is 0.225 e. The van der Waals surface area contributed by atoms with Gasteiger partial charge in [0.1, 0.15) is 12.4 Å². The van der Waals surface area contributed by atoms with E-state index in [0.717, 1.165) is 16.8 Å². The predicted octanol–water partition coefficient (Wildman–Crippen LogP) is 2.16. The van der Waals surface area contributed by atoms with Crippen LogP contribution in [0.1, 0.15) is 19.2 Å². The minimum Gasteiger partial charge on any atom is -0.491 e. The summed E-state index contributed by atoms with van der Waals surface area (Å²) in [5.41, 5.74) is 5.99. The van der Waals surface area contributed by atoms with Gasteiger partial charge < -0.3 is 24.5 Å². The number of hydrogen-bond donors (Lipinski definition) is 1. The van der Waals surface area contributed by atoms with E-state index in [-0.39, 0.29) is 52.6 Å². The molecular formula is C25H29N9O3. The monoisotopic (exact) mass is 517 g/mol. The van der Waals surface area contributed by atoms with Crippen LogP contribution >= 0.6 is 0 Å². The molecule has 192 valence electrons. The van der Waals surface area contributed by atoms with Gasteiger partial charge in [-0.25, -0.2) is 9.67 Å². The van der Waals surface area contributed by atoms with Gasteiger partial charge in [0.25, 0.3) is 0 Å². The Labute approximate surface area is 232 Å². The average Bonchev–Trinajstić information content (AvgIpc) is 3.74. The third-order valence-electron chi connectivity index (χ3n) is 5.35. The summed E-state index contributed by atoms with van der Waals surface area (Å²) in [5, 5.41) is 8.53. The molecule has 1 aromatic carbocycles. The van der Waals surface area contributed by atoms with Gasteiger partial charge in [-0.2, -0.15) is 14.6 Å². The van der Waals surface area contributed by atoms with Crippen molar-refractivity contribution in [2.75, 3.05) is 63.4 Å². The van der Waals surface area contributed by atoms with E-state index in [1.165, 1.54) is 22.9 Å². The standard InChI is InChI=1S/C25H29N9O3/c1-35-15-16-36-19-6-4-18(5-7-19)32-11-8-31(9-12-32)10-13-33-23-20(17-27-33)24-28-22(21-3-2-14-37-21)30-34(24)25(26)29-23/h2-7,14,17H,8-13,15-16H2,1H3,(H2,26,29)/i1D3,8D2,9D2,11D2,12D2,15D2,17D. The summed E-state index contributed by atoms with van der Waals surface area (Å²) in [6, 6.07) is 7.85. The number of hydrogen-bond acceptors (Lipinski definition) is 10. The molecule has 2 N–H and O–H groups in total. The van der Waals surface area contributed by atoms with Crippen LogP contribution in [0.2, 0.25) is 0 Å². The first kappa shape index (κ1) is 12.4. The van der Waals surface area contributed by atoms with E-state index >= 15 is 0 Å². The average molecular weight is 518 g/mol. The van der Waals surface area contributed by atoms with E-state index in [2.05, 4.69) is 24.9 Å². The molecule has 1 aliphatic heterocycles. The number of methoxy groups -OCH3 is 1. The lowest BCUT2D eigenvalue weighted by molar-refractivity contribution is 0.146. The molecule has 12 nitrogen and oxygen atoms in total. The maximum absolute atomic E-state index is 8.80. The van der Waals surface area contributed by atoms with Crippen LogP contribution in [-0.2, 0) is 11.3 Å². The lowest BCUT2D eigenvalue weighted by Gasteiger charge is -2.36. The molecule has 0 atom stereocenters. The summed E-state index contributed by atoms with van der Waals surface area (Å²) in [6.07, 6.45) is 1.12. The predicted molar refractivity (Wildman–Crippen MR) is 139 cm³/mol. The lowest BCUT2D eigenvalue weighted by Crippen LogP contribution is -2.47. The summed E-state index contributed by atoms with van der Waals surface area (Å²) < 4.78 is 133. The Morgan fingerprint density at radius 1 is 1.14 bits per heavy atom. The zero-order valence-corrected chi connectivity index (χ0v) is 19.0. The number of ether oxygens (including phenoxy) is 2. The molecule has 1 aliphatic rings. The van der Waals surface area contributed by atoms with E-state index in [9.17, 15) is 0 Å². The van der Waals surface area contributed by atoms with Gasteiger partial charge >= 0.3 is 0 Å². The third kappa shape index (κ3) is 4.68. The van der Waals surface area contributed by atoms with Crippen LogP contribution in [0.5, 0.6) is 5.75 Å². The highest BCUT2D eigenvalue weighted by Crippen LogP contribution is 2.24. The molecule has 5 heterocycles.